The Morgan fingerprint density at radius 1 is 0.909 bits per heavy atom. The monoisotopic (exact) mass is 455 g/mol. The molecule has 0 bridgehead atoms. The molecule has 0 unspecified atom stereocenters. The van der Waals surface area contributed by atoms with Crippen LogP contribution in [-0.2, 0) is 32.2 Å². The minimum absolute atomic E-state index is 0.00952. The van der Waals surface area contributed by atoms with Gasteiger partial charge in [-0.2, -0.15) is 0 Å². The lowest BCUT2D eigenvalue weighted by atomic mass is 9.96. The van der Waals surface area contributed by atoms with Crippen molar-refractivity contribution in [1.82, 2.24) is 16.1 Å². The Morgan fingerprint density at radius 2 is 1.55 bits per heavy atom. The van der Waals surface area contributed by atoms with Crippen LogP contribution in [0.3, 0.4) is 0 Å². The maximum absolute atomic E-state index is 13.0. The first-order valence-corrected chi connectivity index (χ1v) is 11.1. The zero-order chi connectivity index (χ0) is 23.9. The predicted octanol–water partition coefficient (Wildman–Crippen LogP) is 1.88. The zero-order valence-electron chi connectivity index (χ0n) is 19.0. The van der Waals surface area contributed by atoms with E-state index in [-0.39, 0.29) is 31.4 Å². The van der Waals surface area contributed by atoms with Gasteiger partial charge in [0.15, 0.2) is 0 Å². The van der Waals surface area contributed by atoms with Gasteiger partial charge in [-0.1, -0.05) is 67.1 Å². The molecule has 0 saturated carbocycles. The molecule has 0 aliphatic heterocycles. The van der Waals surface area contributed by atoms with Crippen molar-refractivity contribution in [3.8, 4) is 0 Å². The number of aliphatic hydroxyl groups is 1. The third-order valence-corrected chi connectivity index (χ3v) is 5.19. The minimum atomic E-state index is -0.761. The molecule has 33 heavy (non-hydrogen) atoms. The molecule has 0 radical (unpaired) electrons. The third-order valence-electron chi connectivity index (χ3n) is 5.19. The summed E-state index contributed by atoms with van der Waals surface area (Å²) in [5.74, 6) is -1.76. The number of carbonyl (C=O) groups is 3. The van der Waals surface area contributed by atoms with E-state index in [0.717, 1.165) is 11.1 Å². The molecule has 0 saturated heterocycles. The molecule has 0 aliphatic carbocycles. The number of aliphatic hydroxyl groups excluding tert-OH is 1. The van der Waals surface area contributed by atoms with Crippen molar-refractivity contribution >= 4 is 17.7 Å². The van der Waals surface area contributed by atoms with Gasteiger partial charge in [0.2, 0.25) is 17.7 Å². The maximum Gasteiger partial charge on any atom is 0.244 e. The lowest BCUT2D eigenvalue weighted by molar-refractivity contribution is -0.139. The molecule has 0 spiro atoms. The number of nitrogens with one attached hydrogen (secondary N) is 3. The van der Waals surface area contributed by atoms with Gasteiger partial charge in [-0.05, 0) is 24.0 Å². The molecule has 0 heterocycles. The number of hydrogen-bond acceptors (Lipinski definition) is 5. The van der Waals surface area contributed by atoms with E-state index in [0.29, 0.717) is 25.7 Å². The molecule has 3 amide bonds. The molecule has 0 aromatic heterocycles. The Hall–Kier alpha value is -3.23. The van der Waals surface area contributed by atoms with Crippen LogP contribution in [0, 0.1) is 5.92 Å². The second-order valence-corrected chi connectivity index (χ2v) is 7.79. The van der Waals surface area contributed by atoms with Crippen LogP contribution in [0.4, 0.5) is 0 Å². The van der Waals surface area contributed by atoms with Crippen LogP contribution < -0.4 is 16.1 Å². The maximum atomic E-state index is 13.0. The van der Waals surface area contributed by atoms with Crippen LogP contribution in [0.1, 0.15) is 36.8 Å². The van der Waals surface area contributed by atoms with E-state index in [2.05, 4.69) is 16.1 Å². The van der Waals surface area contributed by atoms with Crippen molar-refractivity contribution in [3.63, 3.8) is 0 Å². The summed E-state index contributed by atoms with van der Waals surface area (Å²) < 4.78 is 0. The summed E-state index contributed by atoms with van der Waals surface area (Å²) in [5.41, 5.74) is 4.21. The normalized spacial score (nSPS) is 12.4. The molecule has 8 nitrogen and oxygen atoms in total. The number of amides is 3. The Morgan fingerprint density at radius 3 is 2.15 bits per heavy atom. The SMILES string of the molecule is CNC(=O)[C@H](Cc1ccccc1)NC(=O)[C@H](CCCCO)CC(=O)NOCc1ccccc1. The van der Waals surface area contributed by atoms with Crippen LogP contribution >= 0.6 is 0 Å². The highest BCUT2D eigenvalue weighted by molar-refractivity contribution is 5.90. The van der Waals surface area contributed by atoms with E-state index in [4.69, 9.17) is 9.94 Å². The summed E-state index contributed by atoms with van der Waals surface area (Å²) in [6.07, 6.45) is 1.76. The van der Waals surface area contributed by atoms with Crippen LogP contribution in [0.15, 0.2) is 60.7 Å². The first kappa shape index (κ1) is 26.0. The van der Waals surface area contributed by atoms with Crippen LogP contribution in [-0.4, -0.2) is 42.5 Å². The molecule has 0 aliphatic rings. The highest BCUT2D eigenvalue weighted by Gasteiger charge is 2.27. The fourth-order valence-corrected chi connectivity index (χ4v) is 3.39. The van der Waals surface area contributed by atoms with E-state index in [1.165, 1.54) is 7.05 Å². The standard InChI is InChI=1S/C25H33N3O5/c1-26-25(32)22(16-19-10-4-2-5-11-19)27-24(31)21(14-8-9-15-29)17-23(30)28-33-18-20-12-6-3-7-13-20/h2-7,10-13,21-22,29H,8-9,14-18H2,1H3,(H,26,32)(H,27,31)(H,28,30)/t21-,22+/m1/s1. The van der Waals surface area contributed by atoms with Crippen molar-refractivity contribution in [3.05, 3.63) is 71.8 Å². The second kappa shape index (κ2) is 14.8. The van der Waals surface area contributed by atoms with Crippen molar-refractivity contribution < 1.29 is 24.3 Å². The van der Waals surface area contributed by atoms with Crippen LogP contribution in [0.25, 0.3) is 0 Å². The number of rotatable bonds is 14. The van der Waals surface area contributed by atoms with E-state index in [1.54, 1.807) is 0 Å². The van der Waals surface area contributed by atoms with Crippen LogP contribution in [0.5, 0.6) is 0 Å². The summed E-state index contributed by atoms with van der Waals surface area (Å²) in [4.78, 5) is 43.1. The quantitative estimate of drug-likeness (QED) is 0.256. The predicted molar refractivity (Wildman–Crippen MR) is 125 cm³/mol. The number of hydrogen-bond donors (Lipinski definition) is 4. The molecule has 0 fully saturated rings. The van der Waals surface area contributed by atoms with E-state index >= 15 is 0 Å². The highest BCUT2D eigenvalue weighted by atomic mass is 16.6. The molecule has 2 rings (SSSR count). The van der Waals surface area contributed by atoms with E-state index in [1.807, 2.05) is 60.7 Å². The van der Waals surface area contributed by atoms with Gasteiger partial charge in [-0.3, -0.25) is 19.2 Å². The number of unbranched alkanes of at least 4 members (excludes halogenated alkanes) is 1. The minimum Gasteiger partial charge on any atom is -0.396 e. The number of benzene rings is 2. The molecule has 2 aromatic rings. The summed E-state index contributed by atoms with van der Waals surface area (Å²) in [7, 11) is 1.52. The van der Waals surface area contributed by atoms with Gasteiger partial charge in [0.1, 0.15) is 6.04 Å². The second-order valence-electron chi connectivity index (χ2n) is 7.79. The fraction of sp³-hybridized carbons (Fsp3) is 0.400. The van der Waals surface area contributed by atoms with Crippen molar-refractivity contribution in [2.24, 2.45) is 5.92 Å². The molecule has 2 aromatic carbocycles. The summed E-state index contributed by atoms with van der Waals surface area (Å²) in [6.45, 7) is 0.222. The van der Waals surface area contributed by atoms with Gasteiger partial charge in [0.05, 0.1) is 6.61 Å². The summed E-state index contributed by atoms with van der Waals surface area (Å²) in [5, 5.41) is 14.5. The van der Waals surface area contributed by atoms with E-state index < -0.39 is 17.9 Å². The smallest absolute Gasteiger partial charge is 0.244 e. The Balaban J connectivity index is 1.96. The molecule has 8 heteroatoms. The molecule has 4 N–H and O–H groups in total. The summed E-state index contributed by atoms with van der Waals surface area (Å²) >= 11 is 0. The zero-order valence-corrected chi connectivity index (χ0v) is 19.0. The number of likely N-dealkylation sites (N-methyl/N-ethyl adjacent to an activating group) is 1. The van der Waals surface area contributed by atoms with Gasteiger partial charge < -0.3 is 15.7 Å². The average Bonchev–Trinajstić information content (AvgIpc) is 2.84. The molecular weight excluding hydrogens is 422 g/mol. The third kappa shape index (κ3) is 9.84. The lowest BCUT2D eigenvalue weighted by Crippen LogP contribution is -2.49. The van der Waals surface area contributed by atoms with Gasteiger partial charge >= 0.3 is 0 Å². The highest BCUT2D eigenvalue weighted by Crippen LogP contribution is 2.15. The average molecular weight is 456 g/mol. The summed E-state index contributed by atoms with van der Waals surface area (Å²) in [6, 6.07) is 18.0. The molecular formula is C25H33N3O5. The fourth-order valence-electron chi connectivity index (χ4n) is 3.39. The van der Waals surface area contributed by atoms with Crippen molar-refractivity contribution in [1.29, 1.82) is 0 Å². The largest absolute Gasteiger partial charge is 0.396 e. The molecule has 2 atom stereocenters. The Bertz CT molecular complexity index is 861. The van der Waals surface area contributed by atoms with Gasteiger partial charge in [0.25, 0.3) is 0 Å². The van der Waals surface area contributed by atoms with Crippen LogP contribution in [0.2, 0.25) is 0 Å². The van der Waals surface area contributed by atoms with Crippen molar-refractivity contribution in [2.75, 3.05) is 13.7 Å². The first-order chi connectivity index (χ1) is 16.0. The van der Waals surface area contributed by atoms with Gasteiger partial charge in [-0.15, -0.1) is 0 Å². The van der Waals surface area contributed by atoms with Gasteiger partial charge in [0, 0.05) is 32.4 Å². The lowest BCUT2D eigenvalue weighted by Gasteiger charge is -2.22. The first-order valence-electron chi connectivity index (χ1n) is 11.1. The van der Waals surface area contributed by atoms with Gasteiger partial charge in [-0.25, -0.2) is 5.48 Å². The van der Waals surface area contributed by atoms with Crippen molar-refractivity contribution in [2.45, 2.75) is 44.8 Å². The van der Waals surface area contributed by atoms with E-state index in [9.17, 15) is 14.4 Å². The molecule has 178 valence electrons. The number of hydroxylamine groups is 1. The Labute approximate surface area is 194 Å². The number of carbonyl (C=O) groups excluding carboxylic acids is 3. The topological polar surface area (TPSA) is 117 Å². The Kier molecular flexibility index (Phi) is 11.6.